The molecule has 0 unspecified atom stereocenters. The Morgan fingerprint density at radius 2 is 1.89 bits per heavy atom. The van der Waals surface area contributed by atoms with E-state index in [0.29, 0.717) is 0 Å². The van der Waals surface area contributed by atoms with Crippen molar-refractivity contribution in [3.8, 4) is 0 Å². The van der Waals surface area contributed by atoms with Crippen molar-refractivity contribution in [2.45, 2.75) is 19.4 Å². The van der Waals surface area contributed by atoms with E-state index in [1.54, 1.807) is 6.33 Å². The maximum atomic E-state index is 4.40. The first-order valence-corrected chi connectivity index (χ1v) is 6.75. The minimum atomic E-state index is 0.803. The van der Waals surface area contributed by atoms with Crippen molar-refractivity contribution in [1.29, 1.82) is 0 Å². The van der Waals surface area contributed by atoms with Crippen LogP contribution < -0.4 is 10.6 Å². The van der Waals surface area contributed by atoms with E-state index in [9.17, 15) is 0 Å². The van der Waals surface area contributed by atoms with Crippen LogP contribution in [0.2, 0.25) is 0 Å². The molecule has 19 heavy (non-hydrogen) atoms. The van der Waals surface area contributed by atoms with Crippen LogP contribution in [-0.4, -0.2) is 23.1 Å². The fraction of sp³-hybridized carbons (Fsp3) is 0.333. The van der Waals surface area contributed by atoms with Gasteiger partial charge in [-0.05, 0) is 18.5 Å². The van der Waals surface area contributed by atoms with Gasteiger partial charge in [0.25, 0.3) is 0 Å². The highest BCUT2D eigenvalue weighted by atomic mass is 15.0. The molecule has 1 aliphatic heterocycles. The summed E-state index contributed by atoms with van der Waals surface area (Å²) >= 11 is 0. The minimum Gasteiger partial charge on any atom is -0.366 e. The molecule has 1 aliphatic rings. The Bertz CT molecular complexity index is 539. The predicted octanol–water partition coefficient (Wildman–Crippen LogP) is 1.78. The fourth-order valence-electron chi connectivity index (χ4n) is 2.41. The molecule has 0 bridgehead atoms. The van der Waals surface area contributed by atoms with E-state index in [-0.39, 0.29) is 0 Å². The van der Waals surface area contributed by atoms with Crippen molar-refractivity contribution >= 4 is 5.82 Å². The predicted molar refractivity (Wildman–Crippen MR) is 76.1 cm³/mol. The van der Waals surface area contributed by atoms with Gasteiger partial charge < -0.3 is 10.6 Å². The molecule has 4 nitrogen and oxygen atoms in total. The lowest BCUT2D eigenvalue weighted by molar-refractivity contribution is 0.708. The van der Waals surface area contributed by atoms with Gasteiger partial charge >= 0.3 is 0 Å². The number of rotatable bonds is 3. The molecule has 4 heteroatoms. The van der Waals surface area contributed by atoms with Gasteiger partial charge in [-0.3, -0.25) is 0 Å². The highest BCUT2D eigenvalue weighted by Crippen LogP contribution is 2.18. The van der Waals surface area contributed by atoms with E-state index >= 15 is 0 Å². The van der Waals surface area contributed by atoms with Crippen LogP contribution >= 0.6 is 0 Å². The van der Waals surface area contributed by atoms with Crippen molar-refractivity contribution in [3.05, 3.63) is 53.5 Å². The molecule has 0 saturated heterocycles. The molecule has 1 aromatic heterocycles. The molecule has 0 saturated carbocycles. The Labute approximate surface area is 113 Å². The second kappa shape index (κ2) is 5.80. The summed E-state index contributed by atoms with van der Waals surface area (Å²) in [5, 5.41) is 6.84. The van der Waals surface area contributed by atoms with E-state index in [2.05, 4.69) is 44.9 Å². The van der Waals surface area contributed by atoms with E-state index in [1.165, 1.54) is 16.8 Å². The highest BCUT2D eigenvalue weighted by Gasteiger charge is 2.13. The molecular formula is C15H18N4. The van der Waals surface area contributed by atoms with E-state index in [0.717, 1.165) is 38.3 Å². The third-order valence-corrected chi connectivity index (χ3v) is 3.43. The monoisotopic (exact) mass is 254 g/mol. The van der Waals surface area contributed by atoms with Gasteiger partial charge in [-0.15, -0.1) is 0 Å². The number of aromatic nitrogens is 2. The Kier molecular flexibility index (Phi) is 3.70. The third kappa shape index (κ3) is 2.90. The second-order valence-corrected chi connectivity index (χ2v) is 4.74. The van der Waals surface area contributed by atoms with Gasteiger partial charge in [-0.1, -0.05) is 30.3 Å². The standard InChI is InChI=1S/C15H18N4/c1-2-4-12(5-3-1)10-17-15-13-6-8-16-9-7-14(13)18-11-19-15/h1-5,11,16H,6-10H2,(H,17,18,19). The molecule has 0 spiro atoms. The molecule has 2 heterocycles. The van der Waals surface area contributed by atoms with Gasteiger partial charge in [-0.25, -0.2) is 9.97 Å². The first kappa shape index (κ1) is 12.1. The summed E-state index contributed by atoms with van der Waals surface area (Å²) in [6.07, 6.45) is 3.64. The van der Waals surface area contributed by atoms with Gasteiger partial charge in [0, 0.05) is 25.1 Å². The van der Waals surface area contributed by atoms with Crippen LogP contribution in [0.4, 0.5) is 5.82 Å². The molecular weight excluding hydrogens is 236 g/mol. The summed E-state index contributed by atoms with van der Waals surface area (Å²) in [6.45, 7) is 2.81. The van der Waals surface area contributed by atoms with Crippen LogP contribution in [0.1, 0.15) is 16.8 Å². The Hall–Kier alpha value is -1.94. The first-order valence-electron chi connectivity index (χ1n) is 6.75. The smallest absolute Gasteiger partial charge is 0.133 e. The van der Waals surface area contributed by atoms with Gasteiger partial charge in [-0.2, -0.15) is 0 Å². The molecule has 0 radical (unpaired) electrons. The van der Waals surface area contributed by atoms with Gasteiger partial charge in [0.15, 0.2) is 0 Å². The van der Waals surface area contributed by atoms with Crippen molar-refractivity contribution in [3.63, 3.8) is 0 Å². The fourth-order valence-corrected chi connectivity index (χ4v) is 2.41. The van der Waals surface area contributed by atoms with E-state index < -0.39 is 0 Å². The number of nitrogens with zero attached hydrogens (tertiary/aromatic N) is 2. The number of nitrogens with one attached hydrogen (secondary N) is 2. The molecule has 2 aromatic rings. The normalized spacial score (nSPS) is 14.5. The lowest BCUT2D eigenvalue weighted by Crippen LogP contribution is -2.16. The van der Waals surface area contributed by atoms with Gasteiger partial charge in [0.1, 0.15) is 12.1 Å². The van der Waals surface area contributed by atoms with E-state index in [1.807, 2.05) is 6.07 Å². The van der Waals surface area contributed by atoms with Crippen LogP contribution in [0.25, 0.3) is 0 Å². The lowest BCUT2D eigenvalue weighted by Gasteiger charge is -2.12. The van der Waals surface area contributed by atoms with Crippen molar-refractivity contribution in [1.82, 2.24) is 15.3 Å². The highest BCUT2D eigenvalue weighted by molar-refractivity contribution is 5.47. The summed E-state index contributed by atoms with van der Waals surface area (Å²) in [5.41, 5.74) is 3.71. The van der Waals surface area contributed by atoms with Gasteiger partial charge in [0.2, 0.25) is 0 Å². The second-order valence-electron chi connectivity index (χ2n) is 4.74. The zero-order valence-corrected chi connectivity index (χ0v) is 10.9. The molecule has 0 aliphatic carbocycles. The first-order chi connectivity index (χ1) is 9.43. The van der Waals surface area contributed by atoms with Crippen LogP contribution in [0.3, 0.4) is 0 Å². The Balaban J connectivity index is 1.78. The van der Waals surface area contributed by atoms with Crippen molar-refractivity contribution in [2.75, 3.05) is 18.4 Å². The summed E-state index contributed by atoms with van der Waals surface area (Å²) in [6, 6.07) is 10.4. The summed E-state index contributed by atoms with van der Waals surface area (Å²) in [5.74, 6) is 0.984. The number of anilines is 1. The maximum absolute atomic E-state index is 4.40. The largest absolute Gasteiger partial charge is 0.366 e. The molecule has 0 fully saturated rings. The number of hydrogen-bond donors (Lipinski definition) is 2. The molecule has 0 amide bonds. The number of hydrogen-bond acceptors (Lipinski definition) is 4. The topological polar surface area (TPSA) is 49.8 Å². The quantitative estimate of drug-likeness (QED) is 0.876. The van der Waals surface area contributed by atoms with Crippen molar-refractivity contribution < 1.29 is 0 Å². The third-order valence-electron chi connectivity index (χ3n) is 3.43. The van der Waals surface area contributed by atoms with Gasteiger partial charge in [0.05, 0.1) is 5.69 Å². The van der Waals surface area contributed by atoms with E-state index in [4.69, 9.17) is 0 Å². The summed E-state index contributed by atoms with van der Waals surface area (Å²) in [7, 11) is 0. The SMILES string of the molecule is c1ccc(CNc2ncnc3c2CCNCC3)cc1. The molecule has 2 N–H and O–H groups in total. The maximum Gasteiger partial charge on any atom is 0.133 e. The average Bonchev–Trinajstić information content (AvgIpc) is 2.72. The van der Waals surface area contributed by atoms with Crippen LogP contribution in [0.5, 0.6) is 0 Å². The van der Waals surface area contributed by atoms with Crippen LogP contribution in [0.15, 0.2) is 36.7 Å². The molecule has 1 aromatic carbocycles. The van der Waals surface area contributed by atoms with Crippen LogP contribution in [0, 0.1) is 0 Å². The number of fused-ring (bicyclic) bond motifs is 1. The zero-order chi connectivity index (χ0) is 12.9. The minimum absolute atomic E-state index is 0.803. The molecule has 98 valence electrons. The molecule has 3 rings (SSSR count). The summed E-state index contributed by atoms with van der Waals surface area (Å²) < 4.78 is 0. The average molecular weight is 254 g/mol. The molecule has 0 atom stereocenters. The Morgan fingerprint density at radius 1 is 1.05 bits per heavy atom. The lowest BCUT2D eigenvalue weighted by atomic mass is 10.1. The summed E-state index contributed by atoms with van der Waals surface area (Å²) in [4.78, 5) is 8.80. The Morgan fingerprint density at radius 3 is 2.79 bits per heavy atom. The van der Waals surface area contributed by atoms with Crippen LogP contribution in [-0.2, 0) is 19.4 Å². The van der Waals surface area contributed by atoms with Crippen molar-refractivity contribution in [2.24, 2.45) is 0 Å². The zero-order valence-electron chi connectivity index (χ0n) is 10.9. The number of benzene rings is 1.